The quantitative estimate of drug-likeness (QED) is 0.818. The minimum Gasteiger partial charge on any atom is -0.448 e. The molecule has 0 saturated carbocycles. The maximum Gasteiger partial charge on any atom is 0.358 e. The molecule has 0 aliphatic rings. The van der Waals surface area contributed by atoms with E-state index >= 15 is 0 Å². The molecule has 0 spiro atoms. The number of rotatable bonds is 5. The average Bonchev–Trinajstić information content (AvgIpc) is 2.96. The first kappa shape index (κ1) is 16.6. The van der Waals surface area contributed by atoms with Crippen LogP contribution in [0.1, 0.15) is 24.3 Å². The van der Waals surface area contributed by atoms with E-state index in [2.05, 4.69) is 15.6 Å². The lowest BCUT2D eigenvalue weighted by molar-refractivity contribution is -0.123. The van der Waals surface area contributed by atoms with Gasteiger partial charge < -0.3 is 15.4 Å². The standard InChI is InChI=1S/C15H15N3O4S/c1-9(13(20)17-11-6-4-3-5-7-11)22-14(21)12-8-23-15(18-12)16-10(2)19/h3-9H,1-2H3,(H,17,20)(H,16,18,19). The third kappa shape index (κ3) is 4.89. The zero-order valence-electron chi connectivity index (χ0n) is 12.5. The summed E-state index contributed by atoms with van der Waals surface area (Å²) in [6, 6.07) is 8.85. The number of para-hydroxylation sites is 1. The average molecular weight is 333 g/mol. The number of hydrogen-bond acceptors (Lipinski definition) is 6. The number of nitrogens with zero attached hydrogens (tertiary/aromatic N) is 1. The Morgan fingerprint density at radius 1 is 1.17 bits per heavy atom. The van der Waals surface area contributed by atoms with Crippen LogP contribution in [-0.4, -0.2) is 28.9 Å². The molecule has 7 nitrogen and oxygen atoms in total. The van der Waals surface area contributed by atoms with Crippen molar-refractivity contribution in [3.8, 4) is 0 Å². The maximum absolute atomic E-state index is 12.0. The van der Waals surface area contributed by atoms with Gasteiger partial charge in [-0.15, -0.1) is 11.3 Å². The van der Waals surface area contributed by atoms with Gasteiger partial charge in [-0.25, -0.2) is 9.78 Å². The van der Waals surface area contributed by atoms with E-state index in [0.29, 0.717) is 10.8 Å². The number of benzene rings is 1. The van der Waals surface area contributed by atoms with Crippen LogP contribution >= 0.6 is 11.3 Å². The van der Waals surface area contributed by atoms with Crippen LogP contribution in [0.4, 0.5) is 10.8 Å². The van der Waals surface area contributed by atoms with Crippen molar-refractivity contribution in [2.45, 2.75) is 20.0 Å². The Labute approximate surface area is 136 Å². The topological polar surface area (TPSA) is 97.4 Å². The predicted octanol–water partition coefficient (Wildman–Crippen LogP) is 2.29. The van der Waals surface area contributed by atoms with Gasteiger partial charge >= 0.3 is 5.97 Å². The van der Waals surface area contributed by atoms with Gasteiger partial charge in [0.15, 0.2) is 16.9 Å². The van der Waals surface area contributed by atoms with E-state index in [4.69, 9.17) is 4.74 Å². The van der Waals surface area contributed by atoms with Crippen LogP contribution < -0.4 is 10.6 Å². The number of anilines is 2. The summed E-state index contributed by atoms with van der Waals surface area (Å²) < 4.78 is 5.07. The molecule has 120 valence electrons. The van der Waals surface area contributed by atoms with E-state index in [9.17, 15) is 14.4 Å². The number of thiazole rings is 1. The van der Waals surface area contributed by atoms with Crippen molar-refractivity contribution >= 4 is 39.9 Å². The van der Waals surface area contributed by atoms with Crippen molar-refractivity contribution in [3.05, 3.63) is 41.4 Å². The lowest BCUT2D eigenvalue weighted by atomic mass is 10.3. The summed E-state index contributed by atoms with van der Waals surface area (Å²) in [5.74, 6) is -1.45. The molecule has 8 heteroatoms. The summed E-state index contributed by atoms with van der Waals surface area (Å²) in [6.07, 6.45) is -0.978. The Bertz CT molecular complexity index is 715. The molecule has 0 fully saturated rings. The highest BCUT2D eigenvalue weighted by Gasteiger charge is 2.21. The van der Waals surface area contributed by atoms with Gasteiger partial charge in [-0.05, 0) is 19.1 Å². The van der Waals surface area contributed by atoms with Gasteiger partial charge in [-0.3, -0.25) is 9.59 Å². The Morgan fingerprint density at radius 3 is 2.52 bits per heavy atom. The summed E-state index contributed by atoms with van der Waals surface area (Å²) in [4.78, 5) is 38.8. The highest BCUT2D eigenvalue weighted by Crippen LogP contribution is 2.16. The second-order valence-corrected chi connectivity index (χ2v) is 5.48. The second-order valence-electron chi connectivity index (χ2n) is 4.62. The van der Waals surface area contributed by atoms with Gasteiger partial charge in [-0.2, -0.15) is 0 Å². The van der Waals surface area contributed by atoms with Crippen molar-refractivity contribution in [1.82, 2.24) is 4.98 Å². The summed E-state index contributed by atoms with van der Waals surface area (Å²) in [6.45, 7) is 2.81. The number of ether oxygens (including phenoxy) is 1. The van der Waals surface area contributed by atoms with Crippen LogP contribution in [0.15, 0.2) is 35.7 Å². The van der Waals surface area contributed by atoms with Crippen LogP contribution in [0.25, 0.3) is 0 Å². The third-order valence-corrected chi connectivity index (χ3v) is 3.45. The molecule has 23 heavy (non-hydrogen) atoms. The minimum atomic E-state index is -0.978. The molecule has 0 bridgehead atoms. The van der Waals surface area contributed by atoms with Gasteiger partial charge in [0.05, 0.1) is 0 Å². The van der Waals surface area contributed by atoms with Gasteiger partial charge in [0.25, 0.3) is 5.91 Å². The molecular formula is C15H15N3O4S. The third-order valence-electron chi connectivity index (χ3n) is 2.69. The molecule has 1 atom stereocenters. The summed E-state index contributed by atoms with van der Waals surface area (Å²) in [7, 11) is 0. The van der Waals surface area contributed by atoms with Gasteiger partial charge in [0, 0.05) is 18.0 Å². The molecule has 1 heterocycles. The maximum atomic E-state index is 12.0. The molecule has 2 N–H and O–H groups in total. The van der Waals surface area contributed by atoms with E-state index in [1.54, 1.807) is 24.3 Å². The zero-order valence-corrected chi connectivity index (χ0v) is 13.3. The van der Waals surface area contributed by atoms with Crippen molar-refractivity contribution < 1.29 is 19.1 Å². The molecule has 0 aliphatic heterocycles. The Hall–Kier alpha value is -2.74. The molecule has 2 rings (SSSR count). The molecule has 0 aliphatic carbocycles. The fourth-order valence-corrected chi connectivity index (χ4v) is 2.34. The largest absolute Gasteiger partial charge is 0.448 e. The highest BCUT2D eigenvalue weighted by atomic mass is 32.1. The summed E-state index contributed by atoms with van der Waals surface area (Å²) >= 11 is 1.10. The Balaban J connectivity index is 1.92. The van der Waals surface area contributed by atoms with Crippen molar-refractivity contribution in [1.29, 1.82) is 0 Å². The fourth-order valence-electron chi connectivity index (χ4n) is 1.62. The number of carbonyl (C=O) groups is 3. The van der Waals surface area contributed by atoms with Crippen LogP contribution in [0.5, 0.6) is 0 Å². The van der Waals surface area contributed by atoms with E-state index in [1.165, 1.54) is 19.2 Å². The Kier molecular flexibility index (Phi) is 5.42. The van der Waals surface area contributed by atoms with E-state index in [0.717, 1.165) is 11.3 Å². The zero-order chi connectivity index (χ0) is 16.8. The molecular weight excluding hydrogens is 318 g/mol. The molecule has 1 aromatic carbocycles. The summed E-state index contributed by atoms with van der Waals surface area (Å²) in [5.41, 5.74) is 0.653. The Morgan fingerprint density at radius 2 is 1.87 bits per heavy atom. The van der Waals surface area contributed by atoms with Crippen LogP contribution in [0.2, 0.25) is 0 Å². The van der Waals surface area contributed by atoms with Gasteiger partial charge in [0.2, 0.25) is 5.91 Å². The number of nitrogens with one attached hydrogen (secondary N) is 2. The molecule has 2 aromatic rings. The number of amides is 2. The smallest absolute Gasteiger partial charge is 0.358 e. The predicted molar refractivity (Wildman–Crippen MR) is 86.4 cm³/mol. The lowest BCUT2D eigenvalue weighted by Gasteiger charge is -2.12. The molecule has 1 unspecified atom stereocenters. The lowest BCUT2D eigenvalue weighted by Crippen LogP contribution is -2.30. The first-order valence-electron chi connectivity index (χ1n) is 6.75. The minimum absolute atomic E-state index is 0.0399. The van der Waals surface area contributed by atoms with Crippen molar-refractivity contribution in [2.24, 2.45) is 0 Å². The second kappa shape index (κ2) is 7.50. The first-order valence-corrected chi connectivity index (χ1v) is 7.63. The first-order chi connectivity index (χ1) is 11.0. The number of aromatic nitrogens is 1. The van der Waals surface area contributed by atoms with E-state index in [-0.39, 0.29) is 11.6 Å². The van der Waals surface area contributed by atoms with Gasteiger partial charge in [-0.1, -0.05) is 18.2 Å². The number of carbonyl (C=O) groups excluding carboxylic acids is 3. The molecule has 0 saturated heterocycles. The summed E-state index contributed by atoms with van der Waals surface area (Å²) in [5, 5.41) is 6.86. The van der Waals surface area contributed by atoms with Gasteiger partial charge in [0.1, 0.15) is 0 Å². The van der Waals surface area contributed by atoms with E-state index < -0.39 is 18.0 Å². The number of esters is 1. The fraction of sp³-hybridized carbons (Fsp3) is 0.200. The highest BCUT2D eigenvalue weighted by molar-refractivity contribution is 7.14. The van der Waals surface area contributed by atoms with Crippen LogP contribution in [-0.2, 0) is 14.3 Å². The van der Waals surface area contributed by atoms with E-state index in [1.807, 2.05) is 6.07 Å². The molecule has 1 aromatic heterocycles. The SMILES string of the molecule is CC(=O)Nc1nc(C(=O)OC(C)C(=O)Nc2ccccc2)cs1. The molecule has 2 amide bonds. The van der Waals surface area contributed by atoms with Crippen molar-refractivity contribution in [3.63, 3.8) is 0 Å². The van der Waals surface area contributed by atoms with Crippen molar-refractivity contribution in [2.75, 3.05) is 10.6 Å². The van der Waals surface area contributed by atoms with Crippen LogP contribution in [0, 0.1) is 0 Å². The van der Waals surface area contributed by atoms with Crippen LogP contribution in [0.3, 0.4) is 0 Å². The normalized spacial score (nSPS) is 11.4. The number of hydrogen-bond donors (Lipinski definition) is 2. The molecule has 0 radical (unpaired) electrons. The monoisotopic (exact) mass is 333 g/mol.